The van der Waals surface area contributed by atoms with Crippen molar-refractivity contribution in [1.29, 1.82) is 0 Å². The Morgan fingerprint density at radius 2 is 1.75 bits per heavy atom. The molecule has 1 aliphatic rings. The first-order valence-corrected chi connectivity index (χ1v) is 7.36. The van der Waals surface area contributed by atoms with Crippen LogP contribution in [0.1, 0.15) is 18.2 Å². The van der Waals surface area contributed by atoms with E-state index in [1.165, 1.54) is 0 Å². The number of ether oxygens (including phenoxy) is 1. The first kappa shape index (κ1) is 14.1. The van der Waals surface area contributed by atoms with Crippen LogP contribution in [0.5, 0.6) is 0 Å². The molecule has 0 aliphatic carbocycles. The monoisotopic (exact) mass is 328 g/mol. The van der Waals surface area contributed by atoms with E-state index in [1.807, 2.05) is 18.2 Å². The molecule has 0 spiro atoms. The van der Waals surface area contributed by atoms with Crippen LogP contribution in [-0.2, 0) is 4.74 Å². The Hall–Kier alpha value is -0.870. The largest absolute Gasteiger partial charge is 0.381 e. The molecular weight excluding hydrogens is 319 g/mol. The fraction of sp³-hybridized carbons (Fsp3) is 0.286. The molecule has 0 amide bonds. The van der Waals surface area contributed by atoms with Crippen LogP contribution in [0.25, 0.3) is 11.1 Å². The highest BCUT2D eigenvalue weighted by molar-refractivity contribution is 6.40. The third-order valence-electron chi connectivity index (χ3n) is 3.28. The fourth-order valence-corrected chi connectivity index (χ4v) is 3.06. The molecule has 1 atom stereocenters. The maximum atomic E-state index is 6.28. The Morgan fingerprint density at radius 3 is 2.35 bits per heavy atom. The second-order valence-electron chi connectivity index (χ2n) is 4.58. The molecule has 2 heterocycles. The van der Waals surface area contributed by atoms with Crippen LogP contribution in [0.4, 0.5) is 0 Å². The molecule has 1 unspecified atom stereocenters. The highest BCUT2D eigenvalue weighted by atomic mass is 35.5. The maximum Gasteiger partial charge on any atom is 0.142 e. The van der Waals surface area contributed by atoms with Crippen LogP contribution in [-0.4, -0.2) is 23.2 Å². The lowest BCUT2D eigenvalue weighted by molar-refractivity contribution is 0.193. The molecule has 20 heavy (non-hydrogen) atoms. The predicted molar refractivity (Wildman–Crippen MR) is 80.7 cm³/mol. The molecule has 1 aromatic carbocycles. The molecule has 0 saturated carbocycles. The van der Waals surface area contributed by atoms with Gasteiger partial charge in [-0.05, 0) is 12.5 Å². The van der Waals surface area contributed by atoms with Crippen molar-refractivity contribution in [2.75, 3.05) is 13.2 Å². The number of benzene rings is 1. The Labute approximate surface area is 131 Å². The lowest BCUT2D eigenvalue weighted by Crippen LogP contribution is -2.06. The number of aromatic nitrogens is 2. The van der Waals surface area contributed by atoms with Gasteiger partial charge >= 0.3 is 0 Å². The molecule has 6 heteroatoms. The van der Waals surface area contributed by atoms with E-state index < -0.39 is 0 Å². The summed E-state index contributed by atoms with van der Waals surface area (Å²) in [6, 6.07) is 7.34. The van der Waals surface area contributed by atoms with Crippen LogP contribution >= 0.6 is 34.8 Å². The first-order chi connectivity index (χ1) is 9.66. The van der Waals surface area contributed by atoms with E-state index in [-0.39, 0.29) is 5.92 Å². The fourth-order valence-electron chi connectivity index (χ4n) is 2.23. The zero-order chi connectivity index (χ0) is 14.1. The molecule has 104 valence electrons. The summed E-state index contributed by atoms with van der Waals surface area (Å²) in [5.41, 5.74) is 1.31. The van der Waals surface area contributed by atoms with Crippen LogP contribution in [0, 0.1) is 0 Å². The highest BCUT2D eigenvalue weighted by Crippen LogP contribution is 2.37. The molecule has 1 aliphatic heterocycles. The summed E-state index contributed by atoms with van der Waals surface area (Å²) in [6.45, 7) is 1.33. The SMILES string of the molecule is Clc1ccccc1-c1c(Cl)nc(C2CCOC2)nc1Cl. The summed E-state index contributed by atoms with van der Waals surface area (Å²) in [5, 5.41) is 1.21. The van der Waals surface area contributed by atoms with Gasteiger partial charge in [0.05, 0.1) is 12.2 Å². The van der Waals surface area contributed by atoms with Gasteiger partial charge in [0, 0.05) is 23.1 Å². The Balaban J connectivity index is 2.07. The Bertz CT molecular complexity index is 619. The highest BCUT2D eigenvalue weighted by Gasteiger charge is 2.24. The Morgan fingerprint density at radius 1 is 1.05 bits per heavy atom. The smallest absolute Gasteiger partial charge is 0.142 e. The summed E-state index contributed by atoms with van der Waals surface area (Å²) < 4.78 is 5.34. The average molecular weight is 330 g/mol. The van der Waals surface area contributed by atoms with Crippen molar-refractivity contribution in [3.8, 4) is 11.1 Å². The van der Waals surface area contributed by atoms with Gasteiger partial charge in [-0.3, -0.25) is 0 Å². The molecule has 1 saturated heterocycles. The topological polar surface area (TPSA) is 35.0 Å². The van der Waals surface area contributed by atoms with Gasteiger partial charge in [0.15, 0.2) is 0 Å². The van der Waals surface area contributed by atoms with Crippen molar-refractivity contribution < 1.29 is 4.74 Å². The van der Waals surface area contributed by atoms with Crippen molar-refractivity contribution in [1.82, 2.24) is 9.97 Å². The lowest BCUT2D eigenvalue weighted by Gasteiger charge is -2.12. The quantitative estimate of drug-likeness (QED) is 0.755. The van der Waals surface area contributed by atoms with Gasteiger partial charge in [-0.2, -0.15) is 0 Å². The second kappa shape index (κ2) is 5.86. The van der Waals surface area contributed by atoms with Crippen LogP contribution in [0.2, 0.25) is 15.3 Å². The summed E-state index contributed by atoms with van der Waals surface area (Å²) in [6.07, 6.45) is 0.887. The van der Waals surface area contributed by atoms with E-state index in [9.17, 15) is 0 Å². The average Bonchev–Trinajstić information content (AvgIpc) is 2.94. The predicted octanol–water partition coefficient (Wildman–Crippen LogP) is 4.61. The molecule has 1 fully saturated rings. The van der Waals surface area contributed by atoms with Crippen LogP contribution < -0.4 is 0 Å². The number of hydrogen-bond acceptors (Lipinski definition) is 3. The summed E-state index contributed by atoms with van der Waals surface area (Å²) in [4.78, 5) is 8.73. The molecular formula is C14H11Cl3N2O. The van der Waals surface area contributed by atoms with Crippen molar-refractivity contribution in [2.45, 2.75) is 12.3 Å². The van der Waals surface area contributed by atoms with E-state index in [0.717, 1.165) is 18.6 Å². The molecule has 2 aromatic rings. The standard InChI is InChI=1S/C14H11Cl3N2O/c15-10-4-2-1-3-9(10)11-12(16)18-14(19-13(11)17)8-5-6-20-7-8/h1-4,8H,5-7H2. The molecule has 3 rings (SSSR count). The van der Waals surface area contributed by atoms with E-state index >= 15 is 0 Å². The van der Waals surface area contributed by atoms with Gasteiger partial charge < -0.3 is 4.74 Å². The first-order valence-electron chi connectivity index (χ1n) is 6.22. The van der Waals surface area contributed by atoms with Crippen molar-refractivity contribution >= 4 is 34.8 Å². The van der Waals surface area contributed by atoms with E-state index in [0.29, 0.717) is 33.3 Å². The number of nitrogens with zero attached hydrogens (tertiary/aromatic N) is 2. The Kier molecular flexibility index (Phi) is 4.13. The van der Waals surface area contributed by atoms with E-state index in [4.69, 9.17) is 39.5 Å². The minimum absolute atomic E-state index is 0.158. The van der Waals surface area contributed by atoms with Gasteiger partial charge in [-0.1, -0.05) is 53.0 Å². The van der Waals surface area contributed by atoms with Gasteiger partial charge in [0.1, 0.15) is 16.1 Å². The summed E-state index contributed by atoms with van der Waals surface area (Å²) in [5.74, 6) is 0.790. The zero-order valence-corrected chi connectivity index (χ0v) is 12.7. The van der Waals surface area contributed by atoms with Crippen LogP contribution in [0.3, 0.4) is 0 Å². The van der Waals surface area contributed by atoms with Crippen molar-refractivity contribution in [3.63, 3.8) is 0 Å². The third-order valence-corrected chi connectivity index (χ3v) is 4.15. The van der Waals surface area contributed by atoms with Crippen molar-refractivity contribution in [2.24, 2.45) is 0 Å². The van der Waals surface area contributed by atoms with Gasteiger partial charge in [-0.15, -0.1) is 0 Å². The molecule has 0 N–H and O–H groups in total. The number of rotatable bonds is 2. The minimum atomic E-state index is 0.158. The number of hydrogen-bond donors (Lipinski definition) is 0. The van der Waals surface area contributed by atoms with Gasteiger partial charge in [0.25, 0.3) is 0 Å². The summed E-state index contributed by atoms with van der Waals surface area (Å²) >= 11 is 18.7. The molecule has 3 nitrogen and oxygen atoms in total. The number of halogens is 3. The minimum Gasteiger partial charge on any atom is -0.381 e. The van der Waals surface area contributed by atoms with Gasteiger partial charge in [0.2, 0.25) is 0 Å². The van der Waals surface area contributed by atoms with E-state index in [1.54, 1.807) is 6.07 Å². The molecule has 0 radical (unpaired) electrons. The van der Waals surface area contributed by atoms with Crippen molar-refractivity contribution in [3.05, 3.63) is 45.4 Å². The lowest BCUT2D eigenvalue weighted by atomic mass is 10.1. The van der Waals surface area contributed by atoms with E-state index in [2.05, 4.69) is 9.97 Å². The molecule has 0 bridgehead atoms. The zero-order valence-electron chi connectivity index (χ0n) is 10.4. The van der Waals surface area contributed by atoms with Gasteiger partial charge in [-0.25, -0.2) is 9.97 Å². The second-order valence-corrected chi connectivity index (χ2v) is 5.70. The maximum absolute atomic E-state index is 6.28. The molecule has 1 aromatic heterocycles. The summed E-state index contributed by atoms with van der Waals surface area (Å²) in [7, 11) is 0. The van der Waals surface area contributed by atoms with Crippen LogP contribution in [0.15, 0.2) is 24.3 Å². The normalized spacial score (nSPS) is 18.4. The third kappa shape index (κ3) is 2.63.